The molecule has 2 atom stereocenters. The predicted molar refractivity (Wildman–Crippen MR) is 73.8 cm³/mol. The van der Waals surface area contributed by atoms with Crippen LogP contribution in [0.5, 0.6) is 0 Å². The maximum Gasteiger partial charge on any atom is 0.211 e. The predicted octanol–water partition coefficient (Wildman–Crippen LogP) is 3.02. The Balaban J connectivity index is 2.08. The number of nitrogens with zero attached hydrogens (tertiary/aromatic N) is 1. The van der Waals surface area contributed by atoms with Gasteiger partial charge in [0.05, 0.1) is 24.9 Å². The van der Waals surface area contributed by atoms with E-state index >= 15 is 0 Å². The van der Waals surface area contributed by atoms with Gasteiger partial charge in [0, 0.05) is 7.11 Å². The van der Waals surface area contributed by atoms with Crippen LogP contribution in [-0.4, -0.2) is 18.7 Å². The van der Waals surface area contributed by atoms with Gasteiger partial charge >= 0.3 is 0 Å². The van der Waals surface area contributed by atoms with Crippen molar-refractivity contribution in [3.63, 3.8) is 0 Å². The number of oxazole rings is 1. The van der Waals surface area contributed by atoms with Gasteiger partial charge in [-0.1, -0.05) is 30.3 Å². The first-order valence-electron chi connectivity index (χ1n) is 6.43. The van der Waals surface area contributed by atoms with Gasteiger partial charge in [-0.05, 0) is 19.4 Å². The molecule has 0 aliphatic carbocycles. The average Bonchev–Trinajstić information content (AvgIpc) is 2.86. The summed E-state index contributed by atoms with van der Waals surface area (Å²) in [4.78, 5) is 4.25. The van der Waals surface area contributed by atoms with Gasteiger partial charge in [0.1, 0.15) is 5.76 Å². The molecule has 0 amide bonds. The van der Waals surface area contributed by atoms with Crippen LogP contribution in [0.2, 0.25) is 0 Å². The fourth-order valence-corrected chi connectivity index (χ4v) is 2.04. The lowest BCUT2D eigenvalue weighted by molar-refractivity contribution is 0.159. The highest BCUT2D eigenvalue weighted by Gasteiger charge is 2.18. The zero-order valence-electron chi connectivity index (χ0n) is 11.6. The molecular weight excluding hydrogens is 240 g/mol. The molecule has 2 aromatic rings. The maximum absolute atomic E-state index is 5.55. The fourth-order valence-electron chi connectivity index (χ4n) is 2.04. The van der Waals surface area contributed by atoms with Crippen LogP contribution in [0.1, 0.15) is 36.2 Å². The summed E-state index contributed by atoms with van der Waals surface area (Å²) in [5.74, 6) is 1.53. The SMILES string of the molecule is COCC(NC(C)c1ncc(C)o1)c1ccccc1. The Labute approximate surface area is 113 Å². The molecule has 19 heavy (non-hydrogen) atoms. The molecule has 1 aromatic heterocycles. The Hall–Kier alpha value is -1.65. The van der Waals surface area contributed by atoms with Crippen molar-refractivity contribution in [3.8, 4) is 0 Å². The summed E-state index contributed by atoms with van der Waals surface area (Å²) < 4.78 is 10.8. The Bertz CT molecular complexity index is 496. The number of nitrogens with one attached hydrogen (secondary N) is 1. The van der Waals surface area contributed by atoms with Gasteiger partial charge < -0.3 is 9.15 Å². The first-order chi connectivity index (χ1) is 9.20. The van der Waals surface area contributed by atoms with Crippen molar-refractivity contribution < 1.29 is 9.15 Å². The molecule has 1 N–H and O–H groups in total. The van der Waals surface area contributed by atoms with Crippen LogP contribution in [0.3, 0.4) is 0 Å². The second kappa shape index (κ2) is 6.50. The number of hydrogen-bond acceptors (Lipinski definition) is 4. The van der Waals surface area contributed by atoms with E-state index in [2.05, 4.69) is 22.4 Å². The molecule has 0 spiro atoms. The molecule has 102 valence electrons. The first kappa shape index (κ1) is 13.8. The summed E-state index contributed by atoms with van der Waals surface area (Å²) in [6.45, 7) is 4.54. The Morgan fingerprint density at radius 3 is 2.63 bits per heavy atom. The molecule has 2 rings (SSSR count). The molecule has 4 heteroatoms. The van der Waals surface area contributed by atoms with Gasteiger partial charge in [-0.3, -0.25) is 5.32 Å². The molecule has 1 heterocycles. The summed E-state index contributed by atoms with van der Waals surface area (Å²) in [7, 11) is 1.71. The number of hydrogen-bond donors (Lipinski definition) is 1. The van der Waals surface area contributed by atoms with Crippen molar-refractivity contribution in [3.05, 3.63) is 53.7 Å². The quantitative estimate of drug-likeness (QED) is 0.867. The Morgan fingerprint density at radius 2 is 2.05 bits per heavy atom. The van der Waals surface area contributed by atoms with Gasteiger partial charge in [-0.15, -0.1) is 0 Å². The Morgan fingerprint density at radius 1 is 1.32 bits per heavy atom. The molecule has 0 aliphatic heterocycles. The van der Waals surface area contributed by atoms with Gasteiger partial charge in [0.25, 0.3) is 0 Å². The highest BCUT2D eigenvalue weighted by atomic mass is 16.5. The molecule has 0 saturated carbocycles. The highest BCUT2D eigenvalue weighted by Crippen LogP contribution is 2.19. The number of ether oxygens (including phenoxy) is 1. The van der Waals surface area contributed by atoms with Crippen molar-refractivity contribution in [1.82, 2.24) is 10.3 Å². The molecule has 0 bridgehead atoms. The van der Waals surface area contributed by atoms with Crippen LogP contribution < -0.4 is 5.32 Å². The lowest BCUT2D eigenvalue weighted by atomic mass is 10.1. The van der Waals surface area contributed by atoms with Crippen molar-refractivity contribution in [1.29, 1.82) is 0 Å². The van der Waals surface area contributed by atoms with E-state index in [4.69, 9.17) is 9.15 Å². The van der Waals surface area contributed by atoms with E-state index in [1.165, 1.54) is 5.56 Å². The van der Waals surface area contributed by atoms with Crippen LogP contribution >= 0.6 is 0 Å². The molecule has 0 saturated heterocycles. The van der Waals surface area contributed by atoms with Crippen molar-refractivity contribution in [2.45, 2.75) is 25.9 Å². The third kappa shape index (κ3) is 3.66. The number of methoxy groups -OCH3 is 1. The molecule has 0 fully saturated rings. The van der Waals surface area contributed by atoms with E-state index in [9.17, 15) is 0 Å². The van der Waals surface area contributed by atoms with Gasteiger partial charge in [-0.25, -0.2) is 4.98 Å². The average molecular weight is 260 g/mol. The highest BCUT2D eigenvalue weighted by molar-refractivity contribution is 5.19. The van der Waals surface area contributed by atoms with Crippen molar-refractivity contribution in [2.75, 3.05) is 13.7 Å². The zero-order valence-corrected chi connectivity index (χ0v) is 11.6. The second-order valence-electron chi connectivity index (χ2n) is 4.62. The van der Waals surface area contributed by atoms with Crippen molar-refractivity contribution >= 4 is 0 Å². The second-order valence-corrected chi connectivity index (χ2v) is 4.62. The Kier molecular flexibility index (Phi) is 4.71. The molecular formula is C15H20N2O2. The monoisotopic (exact) mass is 260 g/mol. The normalized spacial score (nSPS) is 14.3. The van der Waals surface area contributed by atoms with E-state index in [-0.39, 0.29) is 12.1 Å². The van der Waals surface area contributed by atoms with Crippen molar-refractivity contribution in [2.24, 2.45) is 0 Å². The molecule has 0 aliphatic rings. The lowest BCUT2D eigenvalue weighted by Gasteiger charge is -2.21. The molecule has 0 radical (unpaired) electrons. The summed E-state index contributed by atoms with van der Waals surface area (Å²) in [5, 5.41) is 3.48. The van der Waals surface area contributed by atoms with E-state index in [1.54, 1.807) is 13.3 Å². The standard InChI is InChI=1S/C15H20N2O2/c1-11-9-16-15(19-11)12(2)17-14(10-18-3)13-7-5-4-6-8-13/h4-9,12,14,17H,10H2,1-3H3. The first-order valence-corrected chi connectivity index (χ1v) is 6.43. The smallest absolute Gasteiger partial charge is 0.211 e. The third-order valence-corrected chi connectivity index (χ3v) is 3.00. The minimum Gasteiger partial charge on any atom is -0.444 e. The molecule has 4 nitrogen and oxygen atoms in total. The number of aromatic nitrogens is 1. The third-order valence-electron chi connectivity index (χ3n) is 3.00. The number of rotatable bonds is 6. The minimum absolute atomic E-state index is 0.0362. The fraction of sp³-hybridized carbons (Fsp3) is 0.400. The van der Waals surface area contributed by atoms with Crippen LogP contribution in [0.15, 0.2) is 40.9 Å². The topological polar surface area (TPSA) is 47.3 Å². The number of benzene rings is 1. The summed E-state index contributed by atoms with van der Waals surface area (Å²) in [6.07, 6.45) is 1.74. The minimum atomic E-state index is 0.0362. The maximum atomic E-state index is 5.55. The van der Waals surface area contributed by atoms with E-state index in [0.717, 1.165) is 5.76 Å². The summed E-state index contributed by atoms with van der Waals surface area (Å²) >= 11 is 0. The zero-order chi connectivity index (χ0) is 13.7. The van der Waals surface area contributed by atoms with Gasteiger partial charge in [-0.2, -0.15) is 0 Å². The van der Waals surface area contributed by atoms with E-state index < -0.39 is 0 Å². The number of aryl methyl sites for hydroxylation is 1. The molecule has 1 aromatic carbocycles. The lowest BCUT2D eigenvalue weighted by Crippen LogP contribution is -2.28. The van der Waals surface area contributed by atoms with Crippen LogP contribution in [0.4, 0.5) is 0 Å². The van der Waals surface area contributed by atoms with Crippen LogP contribution in [0.25, 0.3) is 0 Å². The summed E-state index contributed by atoms with van der Waals surface area (Å²) in [6, 6.07) is 10.4. The largest absolute Gasteiger partial charge is 0.444 e. The van der Waals surface area contributed by atoms with Crippen LogP contribution in [0, 0.1) is 6.92 Å². The van der Waals surface area contributed by atoms with Gasteiger partial charge in [0.15, 0.2) is 0 Å². The van der Waals surface area contributed by atoms with E-state index in [1.807, 2.05) is 32.0 Å². The summed E-state index contributed by atoms with van der Waals surface area (Å²) in [5.41, 5.74) is 1.19. The van der Waals surface area contributed by atoms with Crippen LogP contribution in [-0.2, 0) is 4.74 Å². The van der Waals surface area contributed by atoms with E-state index in [0.29, 0.717) is 12.5 Å². The molecule has 2 unspecified atom stereocenters. The van der Waals surface area contributed by atoms with Gasteiger partial charge in [0.2, 0.25) is 5.89 Å².